The second-order valence-electron chi connectivity index (χ2n) is 8.82. The normalized spacial score (nSPS) is 15.1. The third-order valence-electron chi connectivity index (χ3n) is 5.95. The number of nitrogens with zero attached hydrogens (tertiary/aromatic N) is 2. The molecule has 1 aliphatic heterocycles. The number of aliphatic hydroxyl groups excluding tert-OH is 1. The van der Waals surface area contributed by atoms with Gasteiger partial charge in [0, 0.05) is 22.7 Å². The highest BCUT2D eigenvalue weighted by Crippen LogP contribution is 2.46. The zero-order valence-electron chi connectivity index (χ0n) is 20.0. The van der Waals surface area contributed by atoms with Crippen molar-refractivity contribution in [2.75, 3.05) is 26.4 Å². The van der Waals surface area contributed by atoms with E-state index >= 15 is 0 Å². The number of aromatic nitrogens is 2. The van der Waals surface area contributed by atoms with E-state index in [-0.39, 0.29) is 24.8 Å². The molecule has 1 atom stereocenters. The van der Waals surface area contributed by atoms with Crippen molar-refractivity contribution < 1.29 is 24.5 Å². The van der Waals surface area contributed by atoms with Crippen LogP contribution in [0.5, 0.6) is 17.2 Å². The summed E-state index contributed by atoms with van der Waals surface area (Å²) in [5.41, 5.74) is 2.53. The highest BCUT2D eigenvalue weighted by Gasteiger charge is 2.42. The summed E-state index contributed by atoms with van der Waals surface area (Å²) in [5.74, 6) is 1.44. The minimum absolute atomic E-state index is 0.000544. The summed E-state index contributed by atoms with van der Waals surface area (Å²) < 4.78 is 11.9. The number of ether oxygens (including phenoxy) is 2. The smallest absolute Gasteiger partial charge is 0.273 e. The number of nitrogens with one attached hydrogen (secondary N) is 1. The van der Waals surface area contributed by atoms with Gasteiger partial charge >= 0.3 is 0 Å². The number of aliphatic hydroxyl groups is 1. The van der Waals surface area contributed by atoms with Gasteiger partial charge in [0.15, 0.2) is 11.5 Å². The molecule has 0 fully saturated rings. The predicted octanol–water partition coefficient (Wildman–Crippen LogP) is 4.80. The molecule has 1 amide bonds. The third kappa shape index (κ3) is 4.94. The summed E-state index contributed by atoms with van der Waals surface area (Å²) in [6, 6.07) is 9.73. The number of aromatic amines is 1. The van der Waals surface area contributed by atoms with E-state index in [1.165, 1.54) is 6.07 Å². The number of phenolic OH excluding ortho intramolecular Hbond substituents is 1. The van der Waals surface area contributed by atoms with Crippen LogP contribution in [0.15, 0.2) is 36.4 Å². The Hall–Kier alpha value is -3.23. The quantitative estimate of drug-likeness (QED) is 0.370. The van der Waals surface area contributed by atoms with Crippen molar-refractivity contribution in [1.82, 2.24) is 15.1 Å². The number of halogens is 1. The van der Waals surface area contributed by atoms with Crippen molar-refractivity contribution in [2.24, 2.45) is 5.92 Å². The zero-order chi connectivity index (χ0) is 25.1. The number of phenols is 1. The molecule has 9 heteroatoms. The van der Waals surface area contributed by atoms with Crippen LogP contribution in [0.4, 0.5) is 0 Å². The lowest BCUT2D eigenvalue weighted by molar-refractivity contribution is 0.0706. The van der Waals surface area contributed by atoms with Gasteiger partial charge in [0.25, 0.3) is 5.91 Å². The summed E-state index contributed by atoms with van der Waals surface area (Å²) in [4.78, 5) is 14.8. The molecule has 0 spiro atoms. The Kier molecular flexibility index (Phi) is 7.52. The molecule has 0 radical (unpaired) electrons. The first-order valence-electron chi connectivity index (χ1n) is 11.7. The molecule has 2 aromatic carbocycles. The van der Waals surface area contributed by atoms with Crippen LogP contribution in [0, 0.1) is 5.92 Å². The Morgan fingerprint density at radius 3 is 2.69 bits per heavy atom. The summed E-state index contributed by atoms with van der Waals surface area (Å²) in [6.07, 6.45) is 0.916. The lowest BCUT2D eigenvalue weighted by Crippen LogP contribution is -2.32. The largest absolute Gasteiger partial charge is 0.507 e. The second kappa shape index (κ2) is 10.6. The summed E-state index contributed by atoms with van der Waals surface area (Å²) >= 11 is 6.19. The van der Waals surface area contributed by atoms with Crippen molar-refractivity contribution in [1.29, 1.82) is 0 Å². The highest BCUT2D eigenvalue weighted by atomic mass is 35.5. The van der Waals surface area contributed by atoms with Crippen molar-refractivity contribution in [3.63, 3.8) is 0 Å². The molecule has 1 aliphatic rings. The molecule has 4 rings (SSSR count). The maximum absolute atomic E-state index is 13.2. The lowest BCUT2D eigenvalue weighted by Gasteiger charge is -2.26. The highest BCUT2D eigenvalue weighted by molar-refractivity contribution is 6.31. The molecule has 1 unspecified atom stereocenters. The number of carbonyl (C=O) groups excluding carboxylic acids is 1. The van der Waals surface area contributed by atoms with Gasteiger partial charge in [-0.2, -0.15) is 5.10 Å². The van der Waals surface area contributed by atoms with Gasteiger partial charge in [-0.25, -0.2) is 0 Å². The van der Waals surface area contributed by atoms with Crippen molar-refractivity contribution >= 4 is 17.5 Å². The molecule has 8 nitrogen and oxygen atoms in total. The van der Waals surface area contributed by atoms with Crippen LogP contribution in [-0.4, -0.2) is 57.6 Å². The number of rotatable bonds is 10. The topological polar surface area (TPSA) is 108 Å². The molecule has 3 aromatic rings. The van der Waals surface area contributed by atoms with Gasteiger partial charge in [0.1, 0.15) is 17.1 Å². The Labute approximate surface area is 209 Å². The maximum atomic E-state index is 13.2. The fourth-order valence-corrected chi connectivity index (χ4v) is 4.44. The molecule has 35 heavy (non-hydrogen) atoms. The number of hydrogen-bond acceptors (Lipinski definition) is 6. The van der Waals surface area contributed by atoms with Crippen LogP contribution < -0.4 is 9.47 Å². The third-order valence-corrected chi connectivity index (χ3v) is 6.19. The number of fused-ring (bicyclic) bond motifs is 1. The monoisotopic (exact) mass is 499 g/mol. The Balaban J connectivity index is 1.80. The van der Waals surface area contributed by atoms with Gasteiger partial charge < -0.3 is 24.6 Å². The fraction of sp³-hybridized carbons (Fsp3) is 0.385. The summed E-state index contributed by atoms with van der Waals surface area (Å²) in [6.45, 7) is 7.12. The van der Waals surface area contributed by atoms with E-state index in [2.05, 4.69) is 24.0 Å². The van der Waals surface area contributed by atoms with Crippen LogP contribution in [0.25, 0.3) is 11.3 Å². The Bertz CT molecular complexity index is 1210. The van der Waals surface area contributed by atoms with Crippen LogP contribution in [-0.2, 0) is 0 Å². The SMILES string of the molecule is CCOc1cc(C2c3c(-c4cc(Cl)ccc4O)n[nH]c3C(=O)N2CCO)ccc1OCCC(C)C. The van der Waals surface area contributed by atoms with Crippen LogP contribution in [0.2, 0.25) is 5.02 Å². The van der Waals surface area contributed by atoms with Crippen LogP contribution >= 0.6 is 11.6 Å². The van der Waals surface area contributed by atoms with Gasteiger partial charge in [-0.15, -0.1) is 0 Å². The van der Waals surface area contributed by atoms with E-state index in [1.807, 2.05) is 25.1 Å². The standard InChI is InChI=1S/C26H30ClN3O5/c1-4-34-21-13-16(5-8-20(21)35-12-9-15(2)3)25-22-23(18-14-17(27)6-7-19(18)32)28-29-24(22)26(33)30(25)10-11-31/h5-8,13-15,25,31-32H,4,9-12H2,1-3H3,(H,28,29). The van der Waals surface area contributed by atoms with Gasteiger partial charge in [-0.05, 0) is 55.2 Å². The summed E-state index contributed by atoms with van der Waals surface area (Å²) in [5, 5.41) is 27.8. The molecule has 186 valence electrons. The first-order chi connectivity index (χ1) is 16.8. The molecule has 0 saturated carbocycles. The van der Waals surface area contributed by atoms with Crippen molar-refractivity contribution in [3.8, 4) is 28.5 Å². The van der Waals surface area contributed by atoms with Gasteiger partial charge in [0.2, 0.25) is 0 Å². The maximum Gasteiger partial charge on any atom is 0.273 e. The number of carbonyl (C=O) groups is 1. The van der Waals surface area contributed by atoms with Gasteiger partial charge in [0.05, 0.1) is 25.9 Å². The van der Waals surface area contributed by atoms with E-state index in [0.29, 0.717) is 58.2 Å². The lowest BCUT2D eigenvalue weighted by atomic mass is 9.95. The molecule has 2 heterocycles. The number of amides is 1. The molecular formula is C26H30ClN3O5. The first-order valence-corrected chi connectivity index (χ1v) is 12.1. The van der Waals surface area contributed by atoms with E-state index in [4.69, 9.17) is 21.1 Å². The molecule has 1 aromatic heterocycles. The number of H-pyrrole nitrogens is 1. The molecule has 0 bridgehead atoms. The average Bonchev–Trinajstić information content (AvgIpc) is 3.36. The Morgan fingerprint density at radius 2 is 1.97 bits per heavy atom. The number of benzene rings is 2. The van der Waals surface area contributed by atoms with Gasteiger partial charge in [-0.1, -0.05) is 31.5 Å². The van der Waals surface area contributed by atoms with E-state index in [0.717, 1.165) is 12.0 Å². The first kappa shape index (κ1) is 24.9. The number of β-amino-alcohol motifs (C(OH)–C–C–N with tert-alkyl or cyclic N) is 1. The van der Waals surface area contributed by atoms with E-state index < -0.39 is 6.04 Å². The Morgan fingerprint density at radius 1 is 1.17 bits per heavy atom. The predicted molar refractivity (Wildman–Crippen MR) is 133 cm³/mol. The van der Waals surface area contributed by atoms with Crippen LogP contribution in [0.1, 0.15) is 54.8 Å². The van der Waals surface area contributed by atoms with Crippen molar-refractivity contribution in [2.45, 2.75) is 33.2 Å². The summed E-state index contributed by atoms with van der Waals surface area (Å²) in [7, 11) is 0. The van der Waals surface area contributed by atoms with E-state index in [1.54, 1.807) is 17.0 Å². The van der Waals surface area contributed by atoms with Crippen LogP contribution in [0.3, 0.4) is 0 Å². The zero-order valence-corrected chi connectivity index (χ0v) is 20.8. The van der Waals surface area contributed by atoms with Crippen molar-refractivity contribution in [3.05, 3.63) is 58.2 Å². The fourth-order valence-electron chi connectivity index (χ4n) is 4.27. The molecule has 0 saturated heterocycles. The van der Waals surface area contributed by atoms with E-state index in [9.17, 15) is 15.0 Å². The second-order valence-corrected chi connectivity index (χ2v) is 9.25. The number of aromatic hydroxyl groups is 1. The number of hydrogen-bond donors (Lipinski definition) is 3. The molecule has 0 aliphatic carbocycles. The molecular weight excluding hydrogens is 470 g/mol. The minimum Gasteiger partial charge on any atom is -0.507 e. The minimum atomic E-state index is -0.555. The molecule has 3 N–H and O–H groups in total. The average molecular weight is 500 g/mol. The van der Waals surface area contributed by atoms with Gasteiger partial charge in [-0.3, -0.25) is 9.89 Å².